The van der Waals surface area contributed by atoms with Gasteiger partial charge in [-0.3, -0.25) is 4.79 Å². The van der Waals surface area contributed by atoms with Crippen LogP contribution in [-0.2, 0) is 14.8 Å². The predicted molar refractivity (Wildman–Crippen MR) is 116 cm³/mol. The Balaban J connectivity index is 1.63. The van der Waals surface area contributed by atoms with Crippen molar-refractivity contribution in [1.29, 1.82) is 0 Å². The molecule has 0 radical (unpaired) electrons. The van der Waals surface area contributed by atoms with E-state index in [1.165, 1.54) is 31.2 Å². The van der Waals surface area contributed by atoms with Gasteiger partial charge in [-0.25, -0.2) is 13.4 Å². The highest BCUT2D eigenvalue weighted by molar-refractivity contribution is 7.89. The highest BCUT2D eigenvalue weighted by atomic mass is 35.5. The van der Waals surface area contributed by atoms with Gasteiger partial charge in [0.25, 0.3) is 0 Å². The first-order chi connectivity index (χ1) is 14.2. The minimum absolute atomic E-state index is 0.0463. The second kappa shape index (κ2) is 8.99. The Hall–Kier alpha value is -2.68. The molecule has 2 aromatic carbocycles. The molecule has 0 fully saturated rings. The summed E-state index contributed by atoms with van der Waals surface area (Å²) in [6, 6.07) is 12.2. The fourth-order valence-corrected chi connectivity index (χ4v) is 4.29. The Bertz CT molecular complexity index is 1130. The third-order valence-corrected chi connectivity index (χ3v) is 6.51. The second-order valence-corrected chi connectivity index (χ2v) is 9.11. The van der Waals surface area contributed by atoms with Crippen LogP contribution >= 0.6 is 11.6 Å². The third kappa shape index (κ3) is 5.08. The number of aryl methyl sites for hydroxylation is 1. The molecule has 0 aliphatic heterocycles. The SMILES string of the molecule is Cc1nccn1-c1ccc([C@H](C)NC(=O)[C@H](C)NS(=O)(=O)c2ccc(Cl)cc2)cc1. The Labute approximate surface area is 181 Å². The molecule has 0 aliphatic carbocycles. The van der Waals surface area contributed by atoms with Crippen LogP contribution in [0.3, 0.4) is 0 Å². The summed E-state index contributed by atoms with van der Waals surface area (Å²) in [4.78, 5) is 16.8. The van der Waals surface area contributed by atoms with Gasteiger partial charge in [0.15, 0.2) is 0 Å². The summed E-state index contributed by atoms with van der Waals surface area (Å²) < 4.78 is 29.2. The van der Waals surface area contributed by atoms with Crippen molar-refractivity contribution < 1.29 is 13.2 Å². The molecule has 0 unspecified atom stereocenters. The number of rotatable bonds is 7. The third-order valence-electron chi connectivity index (χ3n) is 4.70. The van der Waals surface area contributed by atoms with Gasteiger partial charge in [0, 0.05) is 23.1 Å². The minimum atomic E-state index is -3.83. The minimum Gasteiger partial charge on any atom is -0.348 e. The monoisotopic (exact) mass is 446 g/mol. The molecule has 2 atom stereocenters. The van der Waals surface area contributed by atoms with E-state index in [-0.39, 0.29) is 10.9 Å². The quantitative estimate of drug-likeness (QED) is 0.581. The van der Waals surface area contributed by atoms with E-state index in [9.17, 15) is 13.2 Å². The van der Waals surface area contributed by atoms with Gasteiger partial charge >= 0.3 is 0 Å². The molecule has 158 valence electrons. The number of hydrogen-bond donors (Lipinski definition) is 2. The van der Waals surface area contributed by atoms with Crippen LogP contribution in [0.4, 0.5) is 0 Å². The van der Waals surface area contributed by atoms with Crippen molar-refractivity contribution >= 4 is 27.5 Å². The lowest BCUT2D eigenvalue weighted by atomic mass is 10.1. The zero-order chi connectivity index (χ0) is 21.9. The Morgan fingerprint density at radius 1 is 1.07 bits per heavy atom. The molecular formula is C21H23ClN4O3S. The van der Waals surface area contributed by atoms with Gasteiger partial charge in [-0.05, 0) is 62.7 Å². The molecule has 1 heterocycles. The van der Waals surface area contributed by atoms with Gasteiger partial charge in [0.1, 0.15) is 5.82 Å². The molecule has 0 spiro atoms. The maximum atomic E-state index is 12.5. The molecule has 3 aromatic rings. The maximum absolute atomic E-state index is 12.5. The lowest BCUT2D eigenvalue weighted by molar-refractivity contribution is -0.123. The molecule has 3 rings (SSSR count). The van der Waals surface area contributed by atoms with Crippen LogP contribution in [0.15, 0.2) is 65.8 Å². The summed E-state index contributed by atoms with van der Waals surface area (Å²) in [6.45, 7) is 5.26. The van der Waals surface area contributed by atoms with E-state index in [1.807, 2.05) is 48.9 Å². The van der Waals surface area contributed by atoms with Crippen molar-refractivity contribution in [3.8, 4) is 5.69 Å². The summed E-state index contributed by atoms with van der Waals surface area (Å²) in [5.41, 5.74) is 1.87. The van der Waals surface area contributed by atoms with E-state index < -0.39 is 22.0 Å². The van der Waals surface area contributed by atoms with E-state index in [0.717, 1.165) is 17.1 Å². The first-order valence-electron chi connectivity index (χ1n) is 9.36. The van der Waals surface area contributed by atoms with E-state index in [1.54, 1.807) is 6.20 Å². The van der Waals surface area contributed by atoms with Crippen molar-refractivity contribution in [3.63, 3.8) is 0 Å². The van der Waals surface area contributed by atoms with Crippen LogP contribution in [0.2, 0.25) is 5.02 Å². The fraction of sp³-hybridized carbons (Fsp3) is 0.238. The average molecular weight is 447 g/mol. The molecule has 9 heteroatoms. The topological polar surface area (TPSA) is 93.1 Å². The molecule has 1 aromatic heterocycles. The maximum Gasteiger partial charge on any atom is 0.241 e. The highest BCUT2D eigenvalue weighted by Crippen LogP contribution is 2.18. The van der Waals surface area contributed by atoms with Gasteiger partial charge in [0.05, 0.1) is 17.0 Å². The van der Waals surface area contributed by atoms with Crippen LogP contribution in [0.25, 0.3) is 5.69 Å². The molecule has 0 bridgehead atoms. The number of aromatic nitrogens is 2. The lowest BCUT2D eigenvalue weighted by Gasteiger charge is -2.19. The molecule has 0 saturated carbocycles. The van der Waals surface area contributed by atoms with Crippen molar-refractivity contribution in [2.45, 2.75) is 37.8 Å². The molecular weight excluding hydrogens is 424 g/mol. The normalized spacial score (nSPS) is 13.6. The van der Waals surface area contributed by atoms with E-state index in [0.29, 0.717) is 5.02 Å². The number of carbonyl (C=O) groups is 1. The van der Waals surface area contributed by atoms with Gasteiger partial charge in [-0.1, -0.05) is 23.7 Å². The summed E-state index contributed by atoms with van der Waals surface area (Å²) in [5.74, 6) is 0.459. The van der Waals surface area contributed by atoms with Crippen LogP contribution in [0.5, 0.6) is 0 Å². The first kappa shape index (κ1) is 22.0. The van der Waals surface area contributed by atoms with Crippen LogP contribution in [0.1, 0.15) is 31.3 Å². The predicted octanol–water partition coefficient (Wildman–Crippen LogP) is 3.38. The van der Waals surface area contributed by atoms with Gasteiger partial charge in [-0.2, -0.15) is 4.72 Å². The van der Waals surface area contributed by atoms with E-state index >= 15 is 0 Å². The molecule has 30 heavy (non-hydrogen) atoms. The number of sulfonamides is 1. The smallest absolute Gasteiger partial charge is 0.241 e. The number of nitrogens with one attached hydrogen (secondary N) is 2. The molecule has 0 saturated heterocycles. The number of amides is 1. The molecule has 0 aliphatic rings. The fourth-order valence-electron chi connectivity index (χ4n) is 2.96. The number of hydrogen-bond acceptors (Lipinski definition) is 4. The Morgan fingerprint density at radius 3 is 2.27 bits per heavy atom. The Kier molecular flexibility index (Phi) is 6.60. The zero-order valence-electron chi connectivity index (χ0n) is 16.8. The summed E-state index contributed by atoms with van der Waals surface area (Å²) in [7, 11) is -3.83. The summed E-state index contributed by atoms with van der Waals surface area (Å²) in [6.07, 6.45) is 3.61. The number of nitrogens with zero attached hydrogens (tertiary/aromatic N) is 2. The first-order valence-corrected chi connectivity index (χ1v) is 11.2. The van der Waals surface area contributed by atoms with Gasteiger partial charge in [0.2, 0.25) is 15.9 Å². The zero-order valence-corrected chi connectivity index (χ0v) is 18.4. The van der Waals surface area contributed by atoms with Gasteiger partial charge in [-0.15, -0.1) is 0 Å². The largest absolute Gasteiger partial charge is 0.348 e. The Morgan fingerprint density at radius 2 is 1.70 bits per heavy atom. The standard InChI is InChI=1S/C21H23ClN4O3S/c1-14(17-4-8-19(9-5-17)26-13-12-23-16(26)3)24-21(27)15(2)25-30(28,29)20-10-6-18(22)7-11-20/h4-15,25H,1-3H3,(H,24,27)/t14-,15-/m0/s1. The lowest BCUT2D eigenvalue weighted by Crippen LogP contribution is -2.45. The molecule has 2 N–H and O–H groups in total. The van der Waals surface area contributed by atoms with Crippen molar-refractivity contribution in [1.82, 2.24) is 19.6 Å². The van der Waals surface area contributed by atoms with Crippen LogP contribution in [-0.4, -0.2) is 29.9 Å². The number of benzene rings is 2. The molecule has 1 amide bonds. The number of carbonyl (C=O) groups excluding carboxylic acids is 1. The van der Waals surface area contributed by atoms with E-state index in [4.69, 9.17) is 11.6 Å². The van der Waals surface area contributed by atoms with Gasteiger partial charge < -0.3 is 9.88 Å². The van der Waals surface area contributed by atoms with E-state index in [2.05, 4.69) is 15.0 Å². The summed E-state index contributed by atoms with van der Waals surface area (Å²) >= 11 is 5.80. The van der Waals surface area contributed by atoms with Crippen molar-refractivity contribution in [3.05, 3.63) is 77.3 Å². The average Bonchev–Trinajstić information content (AvgIpc) is 3.14. The summed E-state index contributed by atoms with van der Waals surface area (Å²) in [5, 5.41) is 3.27. The van der Waals surface area contributed by atoms with Crippen LogP contribution < -0.4 is 10.0 Å². The number of imidazole rings is 1. The second-order valence-electron chi connectivity index (χ2n) is 6.96. The highest BCUT2D eigenvalue weighted by Gasteiger charge is 2.23. The van der Waals surface area contributed by atoms with Crippen molar-refractivity contribution in [2.24, 2.45) is 0 Å². The number of halogens is 1. The molecule has 7 nitrogen and oxygen atoms in total. The van der Waals surface area contributed by atoms with Crippen molar-refractivity contribution in [2.75, 3.05) is 0 Å². The van der Waals surface area contributed by atoms with Crippen LogP contribution in [0, 0.1) is 6.92 Å².